The second kappa shape index (κ2) is 3.79. The Bertz CT molecular complexity index is 535. The number of aromatic nitrogens is 1. The molecule has 0 aliphatic carbocycles. The van der Waals surface area contributed by atoms with Crippen molar-refractivity contribution in [2.45, 2.75) is 6.92 Å². The molecule has 15 heavy (non-hydrogen) atoms. The van der Waals surface area contributed by atoms with Gasteiger partial charge in [-0.2, -0.15) is 0 Å². The fourth-order valence-electron chi connectivity index (χ4n) is 1.43. The lowest BCUT2D eigenvalue weighted by Crippen LogP contribution is -2.03. The average molecular weight is 242 g/mol. The normalized spacial score (nSPS) is 10.6. The fraction of sp³-hybridized carbons (Fsp3) is 0.200. The lowest BCUT2D eigenvalue weighted by atomic mass is 10.1. The van der Waals surface area contributed by atoms with Gasteiger partial charge in [-0.25, -0.2) is 9.78 Å². The van der Waals surface area contributed by atoms with Crippen molar-refractivity contribution < 1.29 is 9.53 Å². The molecule has 0 bridgehead atoms. The smallest absolute Gasteiger partial charge is 0.338 e. The van der Waals surface area contributed by atoms with Crippen molar-refractivity contribution in [1.82, 2.24) is 4.98 Å². The Morgan fingerprint density at radius 1 is 1.53 bits per heavy atom. The number of ether oxygens (including phenoxy) is 1. The van der Waals surface area contributed by atoms with Crippen LogP contribution in [0.25, 0.3) is 10.2 Å². The number of fused-ring (bicyclic) bond motifs is 1. The number of esters is 1. The number of hydrogen-bond donors (Lipinski definition) is 0. The van der Waals surface area contributed by atoms with E-state index in [2.05, 4.69) is 9.72 Å². The second-order valence-electron chi connectivity index (χ2n) is 3.04. The maximum absolute atomic E-state index is 11.4. The lowest BCUT2D eigenvalue weighted by molar-refractivity contribution is 0.0600. The van der Waals surface area contributed by atoms with Crippen LogP contribution in [0, 0.1) is 6.92 Å². The monoisotopic (exact) mass is 241 g/mol. The molecule has 0 saturated heterocycles. The Balaban J connectivity index is 2.69. The molecule has 1 heterocycles. The third-order valence-electron chi connectivity index (χ3n) is 2.19. The molecule has 2 aromatic rings. The molecule has 78 valence electrons. The Hall–Kier alpha value is -1.13. The summed E-state index contributed by atoms with van der Waals surface area (Å²) < 4.78 is 6.14. The van der Waals surface area contributed by atoms with E-state index in [1.807, 2.05) is 13.0 Å². The number of benzene rings is 1. The Morgan fingerprint density at radius 2 is 2.27 bits per heavy atom. The predicted octanol–water partition coefficient (Wildman–Crippen LogP) is 3.04. The van der Waals surface area contributed by atoms with Gasteiger partial charge in [0.25, 0.3) is 0 Å². The molecule has 0 spiro atoms. The van der Waals surface area contributed by atoms with Crippen LogP contribution in [0.4, 0.5) is 0 Å². The fourth-order valence-corrected chi connectivity index (χ4v) is 2.51. The number of methoxy groups -OCH3 is 1. The van der Waals surface area contributed by atoms with Crippen molar-refractivity contribution in [2.75, 3.05) is 7.11 Å². The van der Waals surface area contributed by atoms with Gasteiger partial charge in [-0.05, 0) is 24.6 Å². The van der Waals surface area contributed by atoms with Crippen molar-refractivity contribution in [2.24, 2.45) is 0 Å². The van der Waals surface area contributed by atoms with Gasteiger partial charge in [-0.1, -0.05) is 11.6 Å². The predicted molar refractivity (Wildman–Crippen MR) is 60.7 cm³/mol. The summed E-state index contributed by atoms with van der Waals surface area (Å²) in [6, 6.07) is 3.57. The van der Waals surface area contributed by atoms with E-state index in [0.717, 1.165) is 15.8 Å². The van der Waals surface area contributed by atoms with Gasteiger partial charge in [0.1, 0.15) is 0 Å². The maximum atomic E-state index is 11.4. The molecular weight excluding hydrogens is 234 g/mol. The Morgan fingerprint density at radius 3 is 2.93 bits per heavy atom. The standard InChI is InChI=1S/C10H8ClNO2S/c1-5-6(9(13)14-2)3-4-7-8(5)12-10(11)15-7/h3-4H,1-2H3. The molecule has 5 heteroatoms. The van der Waals surface area contributed by atoms with E-state index in [1.165, 1.54) is 18.4 Å². The van der Waals surface area contributed by atoms with Crippen molar-refractivity contribution in [1.29, 1.82) is 0 Å². The summed E-state index contributed by atoms with van der Waals surface area (Å²) in [7, 11) is 1.36. The molecular formula is C10H8ClNO2S. The van der Waals surface area contributed by atoms with Gasteiger partial charge in [-0.3, -0.25) is 0 Å². The second-order valence-corrected chi connectivity index (χ2v) is 4.66. The minimum absolute atomic E-state index is 0.349. The number of nitrogens with zero attached hydrogens (tertiary/aromatic N) is 1. The largest absolute Gasteiger partial charge is 0.465 e. The topological polar surface area (TPSA) is 39.2 Å². The van der Waals surface area contributed by atoms with Crippen molar-refractivity contribution in [3.63, 3.8) is 0 Å². The van der Waals surface area contributed by atoms with Crippen LogP contribution in [0.2, 0.25) is 4.47 Å². The lowest BCUT2D eigenvalue weighted by Gasteiger charge is -2.03. The molecule has 1 aromatic heterocycles. The first-order chi connectivity index (χ1) is 7.13. The third kappa shape index (κ3) is 1.70. The molecule has 0 radical (unpaired) electrons. The van der Waals surface area contributed by atoms with Gasteiger partial charge in [0.2, 0.25) is 0 Å². The molecule has 0 N–H and O–H groups in total. The van der Waals surface area contributed by atoms with Crippen LogP contribution in [0.15, 0.2) is 12.1 Å². The minimum Gasteiger partial charge on any atom is -0.465 e. The van der Waals surface area contributed by atoms with Gasteiger partial charge in [-0.15, -0.1) is 11.3 Å². The number of aryl methyl sites for hydroxylation is 1. The summed E-state index contributed by atoms with van der Waals surface area (Å²) in [5, 5.41) is 0. The highest BCUT2D eigenvalue weighted by molar-refractivity contribution is 7.22. The first-order valence-corrected chi connectivity index (χ1v) is 5.47. The van der Waals surface area contributed by atoms with E-state index in [0.29, 0.717) is 10.0 Å². The molecule has 0 atom stereocenters. The number of thiazole rings is 1. The first kappa shape index (κ1) is 10.4. The van der Waals surface area contributed by atoms with Gasteiger partial charge in [0, 0.05) is 0 Å². The van der Waals surface area contributed by atoms with Gasteiger partial charge in [0.05, 0.1) is 22.9 Å². The Kier molecular flexibility index (Phi) is 2.63. The highest BCUT2D eigenvalue weighted by atomic mass is 35.5. The quantitative estimate of drug-likeness (QED) is 0.721. The van der Waals surface area contributed by atoms with Crippen LogP contribution >= 0.6 is 22.9 Å². The number of carbonyl (C=O) groups is 1. The number of carbonyl (C=O) groups excluding carboxylic acids is 1. The highest BCUT2D eigenvalue weighted by Crippen LogP contribution is 2.29. The van der Waals surface area contributed by atoms with Gasteiger partial charge < -0.3 is 4.74 Å². The van der Waals surface area contributed by atoms with E-state index < -0.39 is 0 Å². The van der Waals surface area contributed by atoms with E-state index in [1.54, 1.807) is 6.07 Å². The van der Waals surface area contributed by atoms with Crippen LogP contribution < -0.4 is 0 Å². The van der Waals surface area contributed by atoms with Crippen molar-refractivity contribution >= 4 is 39.1 Å². The van der Waals surface area contributed by atoms with E-state index in [4.69, 9.17) is 11.6 Å². The minimum atomic E-state index is -0.349. The summed E-state index contributed by atoms with van der Waals surface area (Å²) >= 11 is 7.21. The number of hydrogen-bond acceptors (Lipinski definition) is 4. The molecule has 3 nitrogen and oxygen atoms in total. The van der Waals surface area contributed by atoms with Crippen LogP contribution in [0.1, 0.15) is 15.9 Å². The Labute approximate surface area is 95.6 Å². The zero-order valence-corrected chi connectivity index (χ0v) is 9.78. The molecule has 2 rings (SSSR count). The average Bonchev–Trinajstić information content (AvgIpc) is 2.59. The van der Waals surface area contributed by atoms with Gasteiger partial charge in [0.15, 0.2) is 4.47 Å². The van der Waals surface area contributed by atoms with E-state index in [9.17, 15) is 4.79 Å². The summed E-state index contributed by atoms with van der Waals surface area (Å²) in [6.45, 7) is 1.84. The molecule has 0 unspecified atom stereocenters. The number of rotatable bonds is 1. The van der Waals surface area contributed by atoms with Crippen LogP contribution in [-0.4, -0.2) is 18.1 Å². The maximum Gasteiger partial charge on any atom is 0.338 e. The SMILES string of the molecule is COC(=O)c1ccc2sc(Cl)nc2c1C. The summed E-state index contributed by atoms with van der Waals surface area (Å²) in [5.74, 6) is -0.349. The summed E-state index contributed by atoms with van der Waals surface area (Å²) in [5.41, 5.74) is 2.11. The molecule has 0 aliphatic heterocycles. The highest BCUT2D eigenvalue weighted by Gasteiger charge is 2.13. The zero-order chi connectivity index (χ0) is 11.0. The summed E-state index contributed by atoms with van der Waals surface area (Å²) in [4.78, 5) is 15.6. The molecule has 1 aromatic carbocycles. The molecule has 0 amide bonds. The van der Waals surface area contributed by atoms with Crippen LogP contribution in [0.5, 0.6) is 0 Å². The van der Waals surface area contributed by atoms with Crippen molar-refractivity contribution in [3.05, 3.63) is 27.7 Å². The zero-order valence-electron chi connectivity index (χ0n) is 8.20. The van der Waals surface area contributed by atoms with Gasteiger partial charge >= 0.3 is 5.97 Å². The van der Waals surface area contributed by atoms with Crippen LogP contribution in [-0.2, 0) is 4.74 Å². The molecule has 0 aliphatic rings. The van der Waals surface area contributed by atoms with E-state index in [-0.39, 0.29) is 5.97 Å². The molecule has 0 fully saturated rings. The van der Waals surface area contributed by atoms with Crippen LogP contribution in [0.3, 0.4) is 0 Å². The third-order valence-corrected chi connectivity index (χ3v) is 3.32. The number of halogens is 1. The summed E-state index contributed by atoms with van der Waals surface area (Å²) in [6.07, 6.45) is 0. The molecule has 0 saturated carbocycles. The first-order valence-electron chi connectivity index (χ1n) is 4.27. The van der Waals surface area contributed by atoms with E-state index >= 15 is 0 Å². The van der Waals surface area contributed by atoms with Crippen molar-refractivity contribution in [3.8, 4) is 0 Å².